The molecule has 0 saturated carbocycles. The fourth-order valence-electron chi connectivity index (χ4n) is 0. The molecule has 0 bridgehead atoms. The molecule has 0 aromatic rings. The van der Waals surface area contributed by atoms with E-state index in [9.17, 15) is 0 Å². The van der Waals surface area contributed by atoms with Gasteiger partial charge in [-0.1, -0.05) is 7.43 Å². The van der Waals surface area contributed by atoms with Gasteiger partial charge in [0.05, 0.1) is 0 Å². The van der Waals surface area contributed by atoms with Gasteiger partial charge in [-0.25, -0.2) is 0 Å². The molecule has 0 aromatic heterocycles. The molecule has 0 spiro atoms. The van der Waals surface area contributed by atoms with E-state index in [1.54, 1.807) is 0 Å². The molecule has 4 heteroatoms. The summed E-state index contributed by atoms with van der Waals surface area (Å²) in [5, 5.41) is 0. The summed E-state index contributed by atoms with van der Waals surface area (Å²) in [5.74, 6) is 0. The Balaban J connectivity index is -0.0000000133. The Kier molecular flexibility index (Phi) is 267000. The van der Waals surface area contributed by atoms with Gasteiger partial charge in [-0.3, -0.25) is 0 Å². The van der Waals surface area contributed by atoms with Crippen LogP contribution in [0.15, 0.2) is 0 Å². The van der Waals surface area contributed by atoms with Crippen molar-refractivity contribution < 1.29 is 21.8 Å². The zero-order valence-electron chi connectivity index (χ0n) is 1.93. The Morgan fingerprint density at radius 2 is 1.00 bits per heavy atom. The van der Waals surface area contributed by atoms with Crippen molar-refractivity contribution in [3.05, 3.63) is 9.93 Å². The molecule has 0 aliphatic rings. The Hall–Kier alpha value is 0.0234. The third-order valence-corrected chi connectivity index (χ3v) is 0. The molecule has 0 heterocycles. The van der Waals surface area contributed by atoms with Crippen LogP contribution in [0.4, 0.5) is 0 Å². The van der Waals surface area contributed by atoms with Crippen LogP contribution in [0.1, 0.15) is 7.43 Å². The molecule has 0 aliphatic carbocycles. The molecule has 28 valence electrons. The van der Waals surface area contributed by atoms with Crippen molar-refractivity contribution >= 4 is 0 Å². The molecule has 0 N–H and O–H groups in total. The van der Waals surface area contributed by atoms with Gasteiger partial charge in [0, 0.05) is 9.93 Å². The summed E-state index contributed by atoms with van der Waals surface area (Å²) < 4.78 is 8.38. The standard InChI is InChI=1S/CH4.O2.O.Zn/c;1-2;;/h1H4;;;. The van der Waals surface area contributed by atoms with Crippen LogP contribution in [0.3, 0.4) is 0 Å². The Morgan fingerprint density at radius 3 is 1.00 bits per heavy atom. The normalized spacial score (nSPS) is 2.00. The maximum absolute atomic E-state index is 8.38. The van der Waals surface area contributed by atoms with E-state index in [-0.39, 0.29) is 25.7 Å². The molecule has 5 heavy (non-hydrogen) atoms. The van der Waals surface area contributed by atoms with Gasteiger partial charge in [-0.05, 0) is 0 Å². The van der Waals surface area contributed by atoms with E-state index in [1.807, 2.05) is 0 Å². The topological polar surface area (TPSA) is 51.2 Å². The molecule has 3 nitrogen and oxygen atoms in total. The van der Waals surface area contributed by atoms with Crippen LogP contribution in [0, 0.1) is 9.93 Å². The minimum atomic E-state index is 0. The average Bonchev–Trinajstić information content (AvgIpc) is 1.50. The quantitative estimate of drug-likeness (QED) is 0.450. The van der Waals surface area contributed by atoms with Crippen LogP contribution in [-0.2, 0) is 21.8 Å². The fourth-order valence-corrected chi connectivity index (χ4v) is 0. The first kappa shape index (κ1) is 19.9. The van der Waals surface area contributed by atoms with E-state index in [0.29, 0.717) is 0 Å². The van der Waals surface area contributed by atoms with E-state index in [0.717, 1.165) is 0 Å². The number of rotatable bonds is 0. The van der Waals surface area contributed by atoms with Crippen LogP contribution in [0.25, 0.3) is 0 Å². The zero-order valence-corrected chi connectivity index (χ0v) is 4.90. The van der Waals surface area contributed by atoms with Gasteiger partial charge < -0.3 is 0 Å². The summed E-state index contributed by atoms with van der Waals surface area (Å²) in [6.07, 6.45) is 0. The first-order chi connectivity index (χ1) is 2.00. The summed E-state index contributed by atoms with van der Waals surface area (Å²) in [6.45, 7) is 0. The first-order valence-electron chi connectivity index (χ1n) is 0.455. The Morgan fingerprint density at radius 1 is 1.00 bits per heavy atom. The van der Waals surface area contributed by atoms with Gasteiger partial charge in [0.2, 0.25) is 0 Å². The summed E-state index contributed by atoms with van der Waals surface area (Å²) >= 11 is 0.125. The van der Waals surface area contributed by atoms with Gasteiger partial charge in [-0.2, -0.15) is 0 Å². The van der Waals surface area contributed by atoms with Crippen molar-refractivity contribution in [1.29, 1.82) is 0 Å². The predicted molar refractivity (Wildman–Crippen MR) is 14.2 cm³/mol. The van der Waals surface area contributed by atoms with E-state index >= 15 is 0 Å². The SMILES string of the molecule is C.O=O.[O]=[Zn]. The third-order valence-electron chi connectivity index (χ3n) is 0. The van der Waals surface area contributed by atoms with Crippen molar-refractivity contribution in [2.24, 2.45) is 0 Å². The van der Waals surface area contributed by atoms with Crippen molar-refractivity contribution in [2.45, 2.75) is 7.43 Å². The summed E-state index contributed by atoms with van der Waals surface area (Å²) in [7, 11) is 0. The van der Waals surface area contributed by atoms with Crippen molar-refractivity contribution in [2.75, 3.05) is 0 Å². The minimum absolute atomic E-state index is 0. The molecule has 0 unspecified atom stereocenters. The average molecular weight is 129 g/mol. The van der Waals surface area contributed by atoms with Crippen molar-refractivity contribution in [3.63, 3.8) is 0 Å². The Bertz CT molecular complexity index is 8.85. The molecule has 0 atom stereocenters. The first-order valence-corrected chi connectivity index (χ1v) is 1.67. The van der Waals surface area contributed by atoms with E-state index in [1.165, 1.54) is 0 Å². The summed E-state index contributed by atoms with van der Waals surface area (Å²) in [4.78, 5) is 14.0. The zero-order chi connectivity index (χ0) is 4.00. The van der Waals surface area contributed by atoms with Gasteiger partial charge in [0.15, 0.2) is 0 Å². The number of hydrogen-bond acceptors (Lipinski definition) is 3. The molecular formula is CH4O3Zn. The summed E-state index contributed by atoms with van der Waals surface area (Å²) in [6, 6.07) is 0. The molecule has 0 radical (unpaired) electrons. The van der Waals surface area contributed by atoms with Crippen LogP contribution in [0.5, 0.6) is 0 Å². The van der Waals surface area contributed by atoms with E-state index < -0.39 is 0 Å². The van der Waals surface area contributed by atoms with Crippen LogP contribution in [-0.4, -0.2) is 0 Å². The van der Waals surface area contributed by atoms with Crippen LogP contribution >= 0.6 is 0 Å². The molecule has 0 aliphatic heterocycles. The third kappa shape index (κ3) is 30100. The second-order valence-electron chi connectivity index (χ2n) is 0. The van der Waals surface area contributed by atoms with Gasteiger partial charge in [0.25, 0.3) is 0 Å². The van der Waals surface area contributed by atoms with E-state index in [2.05, 4.69) is 0 Å². The predicted octanol–water partition coefficient (Wildman–Crippen LogP) is 0.582. The fraction of sp³-hybridized carbons (Fsp3) is 1.00. The van der Waals surface area contributed by atoms with E-state index in [4.69, 9.17) is 13.5 Å². The molecular weight excluding hydrogens is 125 g/mol. The molecule has 0 rings (SSSR count). The molecule has 0 amide bonds. The summed E-state index contributed by atoms with van der Waals surface area (Å²) in [5.41, 5.74) is 0. The second kappa shape index (κ2) is 67300. The van der Waals surface area contributed by atoms with Crippen molar-refractivity contribution in [1.82, 2.24) is 0 Å². The van der Waals surface area contributed by atoms with Gasteiger partial charge in [-0.15, -0.1) is 0 Å². The Labute approximate surface area is 39.9 Å². The number of hydrogen-bond donors (Lipinski definition) is 0. The monoisotopic (exact) mass is 128 g/mol. The van der Waals surface area contributed by atoms with Gasteiger partial charge in [0.1, 0.15) is 0 Å². The maximum atomic E-state index is 8.38. The van der Waals surface area contributed by atoms with Crippen molar-refractivity contribution in [3.8, 4) is 0 Å². The molecule has 0 aromatic carbocycles. The van der Waals surface area contributed by atoms with Crippen LogP contribution < -0.4 is 0 Å². The molecule has 0 fully saturated rings. The van der Waals surface area contributed by atoms with Crippen LogP contribution in [0.2, 0.25) is 0 Å². The second-order valence-corrected chi connectivity index (χ2v) is 0. The molecule has 0 saturated heterocycles. The van der Waals surface area contributed by atoms with Gasteiger partial charge >= 0.3 is 21.8 Å².